The van der Waals surface area contributed by atoms with Crippen molar-refractivity contribution in [3.63, 3.8) is 0 Å². The molecule has 1 unspecified atom stereocenters. The molecule has 1 aliphatic heterocycles. The Bertz CT molecular complexity index is 351. The minimum atomic E-state index is 0.819. The second kappa shape index (κ2) is 6.12. The molecule has 1 fully saturated rings. The fourth-order valence-electron chi connectivity index (χ4n) is 2.49. The molecule has 0 aromatic carbocycles. The van der Waals surface area contributed by atoms with Gasteiger partial charge in [0.2, 0.25) is 0 Å². The van der Waals surface area contributed by atoms with Gasteiger partial charge in [-0.2, -0.15) is 0 Å². The van der Waals surface area contributed by atoms with E-state index in [0.29, 0.717) is 0 Å². The minimum absolute atomic E-state index is 0.819. The zero-order chi connectivity index (χ0) is 12.1. The van der Waals surface area contributed by atoms with Crippen LogP contribution in [0.5, 0.6) is 0 Å². The number of rotatable bonds is 5. The number of hydrogen-bond donors (Lipinski definition) is 1. The highest BCUT2D eigenvalue weighted by Gasteiger charge is 2.21. The number of hydrogen-bond acceptors (Lipinski definition) is 3. The monoisotopic (exact) mass is 233 g/mol. The van der Waals surface area contributed by atoms with Crippen molar-refractivity contribution in [3.05, 3.63) is 29.6 Å². The van der Waals surface area contributed by atoms with Gasteiger partial charge in [0.15, 0.2) is 0 Å². The summed E-state index contributed by atoms with van der Waals surface area (Å²) in [5, 5.41) is 3.44. The highest BCUT2D eigenvalue weighted by molar-refractivity contribution is 5.10. The molecule has 1 atom stereocenters. The van der Waals surface area contributed by atoms with Crippen molar-refractivity contribution in [2.45, 2.75) is 26.8 Å². The number of nitrogens with one attached hydrogen (secondary N) is 1. The minimum Gasteiger partial charge on any atom is -0.317 e. The van der Waals surface area contributed by atoms with Crippen LogP contribution in [0.15, 0.2) is 18.2 Å². The van der Waals surface area contributed by atoms with E-state index in [0.717, 1.165) is 31.2 Å². The lowest BCUT2D eigenvalue weighted by atomic mass is 10.1. The molecule has 17 heavy (non-hydrogen) atoms. The molecule has 0 bridgehead atoms. The number of nitrogens with zero attached hydrogens (tertiary/aromatic N) is 2. The zero-order valence-electron chi connectivity index (χ0n) is 10.9. The number of pyridine rings is 1. The molecule has 0 saturated carbocycles. The van der Waals surface area contributed by atoms with Gasteiger partial charge in [-0.3, -0.25) is 9.88 Å². The van der Waals surface area contributed by atoms with Crippen LogP contribution in [-0.2, 0) is 6.54 Å². The molecule has 0 radical (unpaired) electrons. The standard InChI is InChI=1S/C14H23N3/c1-3-15-9-13-7-8-17(10-13)11-14-6-4-5-12(2)16-14/h4-6,13,15H,3,7-11H2,1-2H3. The fourth-order valence-corrected chi connectivity index (χ4v) is 2.49. The smallest absolute Gasteiger partial charge is 0.0547 e. The maximum Gasteiger partial charge on any atom is 0.0547 e. The molecule has 3 heteroatoms. The van der Waals surface area contributed by atoms with Crippen molar-refractivity contribution in [2.24, 2.45) is 5.92 Å². The van der Waals surface area contributed by atoms with Crippen LogP contribution < -0.4 is 5.32 Å². The van der Waals surface area contributed by atoms with Crippen molar-refractivity contribution >= 4 is 0 Å². The number of aromatic nitrogens is 1. The Labute approximate surface area is 104 Å². The van der Waals surface area contributed by atoms with E-state index in [1.807, 2.05) is 0 Å². The first kappa shape index (κ1) is 12.5. The lowest BCUT2D eigenvalue weighted by molar-refractivity contribution is 0.311. The topological polar surface area (TPSA) is 28.2 Å². The summed E-state index contributed by atoms with van der Waals surface area (Å²) < 4.78 is 0. The SMILES string of the molecule is CCNCC1CCN(Cc2cccc(C)n2)C1. The highest BCUT2D eigenvalue weighted by atomic mass is 15.2. The van der Waals surface area contributed by atoms with Gasteiger partial charge in [-0.25, -0.2) is 0 Å². The molecular weight excluding hydrogens is 210 g/mol. The molecule has 1 saturated heterocycles. The average Bonchev–Trinajstić information content (AvgIpc) is 2.74. The quantitative estimate of drug-likeness (QED) is 0.841. The third-order valence-electron chi connectivity index (χ3n) is 3.38. The summed E-state index contributed by atoms with van der Waals surface area (Å²) in [5.41, 5.74) is 2.32. The maximum absolute atomic E-state index is 4.57. The van der Waals surface area contributed by atoms with E-state index >= 15 is 0 Å². The third-order valence-corrected chi connectivity index (χ3v) is 3.38. The Hall–Kier alpha value is -0.930. The van der Waals surface area contributed by atoms with E-state index in [4.69, 9.17) is 0 Å². The van der Waals surface area contributed by atoms with Crippen LogP contribution in [0, 0.1) is 12.8 Å². The fraction of sp³-hybridized carbons (Fsp3) is 0.643. The van der Waals surface area contributed by atoms with Crippen LogP contribution >= 0.6 is 0 Å². The molecule has 0 aliphatic carbocycles. The van der Waals surface area contributed by atoms with E-state index in [2.05, 4.69) is 47.2 Å². The van der Waals surface area contributed by atoms with Crippen molar-refractivity contribution in [1.29, 1.82) is 0 Å². The second-order valence-corrected chi connectivity index (χ2v) is 4.97. The van der Waals surface area contributed by atoms with Crippen LogP contribution in [0.4, 0.5) is 0 Å². The highest BCUT2D eigenvalue weighted by Crippen LogP contribution is 2.17. The van der Waals surface area contributed by atoms with Gasteiger partial charge in [-0.1, -0.05) is 13.0 Å². The summed E-state index contributed by atoms with van der Waals surface area (Å²) in [6, 6.07) is 6.29. The Balaban J connectivity index is 1.81. The van der Waals surface area contributed by atoms with Gasteiger partial charge in [-0.15, -0.1) is 0 Å². The summed E-state index contributed by atoms with van der Waals surface area (Å²) in [4.78, 5) is 7.08. The molecule has 1 N–H and O–H groups in total. The van der Waals surface area contributed by atoms with Crippen LogP contribution in [0.1, 0.15) is 24.7 Å². The number of likely N-dealkylation sites (tertiary alicyclic amines) is 1. The molecule has 0 amide bonds. The van der Waals surface area contributed by atoms with Crippen LogP contribution in [0.25, 0.3) is 0 Å². The Morgan fingerprint density at radius 2 is 2.35 bits per heavy atom. The first-order valence-electron chi connectivity index (χ1n) is 6.63. The van der Waals surface area contributed by atoms with Gasteiger partial charge in [0, 0.05) is 18.8 Å². The largest absolute Gasteiger partial charge is 0.317 e. The molecule has 1 aromatic heterocycles. The molecule has 94 valence electrons. The lowest BCUT2D eigenvalue weighted by Crippen LogP contribution is -2.26. The normalized spacial score (nSPS) is 20.9. The molecule has 0 spiro atoms. The van der Waals surface area contributed by atoms with E-state index in [1.165, 1.54) is 25.2 Å². The first-order valence-corrected chi connectivity index (χ1v) is 6.63. The number of aryl methyl sites for hydroxylation is 1. The molecule has 2 heterocycles. The molecule has 2 rings (SSSR count). The molecule has 1 aliphatic rings. The van der Waals surface area contributed by atoms with E-state index in [1.54, 1.807) is 0 Å². The summed E-state index contributed by atoms with van der Waals surface area (Å²) in [7, 11) is 0. The van der Waals surface area contributed by atoms with Crippen LogP contribution in [0.2, 0.25) is 0 Å². The van der Waals surface area contributed by atoms with Gasteiger partial charge in [0.1, 0.15) is 0 Å². The van der Waals surface area contributed by atoms with Gasteiger partial charge in [0.05, 0.1) is 5.69 Å². The average molecular weight is 233 g/mol. The molecular formula is C14H23N3. The van der Waals surface area contributed by atoms with Gasteiger partial charge in [-0.05, 0) is 51.0 Å². The summed E-state index contributed by atoms with van der Waals surface area (Å²) in [5.74, 6) is 0.819. The Kier molecular flexibility index (Phi) is 4.51. The summed E-state index contributed by atoms with van der Waals surface area (Å²) >= 11 is 0. The zero-order valence-corrected chi connectivity index (χ0v) is 10.9. The van der Waals surface area contributed by atoms with Crippen molar-refractivity contribution in [2.75, 3.05) is 26.2 Å². The van der Waals surface area contributed by atoms with Crippen molar-refractivity contribution in [1.82, 2.24) is 15.2 Å². The van der Waals surface area contributed by atoms with Gasteiger partial charge in [0.25, 0.3) is 0 Å². The maximum atomic E-state index is 4.57. The van der Waals surface area contributed by atoms with Crippen molar-refractivity contribution in [3.8, 4) is 0 Å². The van der Waals surface area contributed by atoms with Gasteiger partial charge >= 0.3 is 0 Å². The molecule has 3 nitrogen and oxygen atoms in total. The van der Waals surface area contributed by atoms with Crippen LogP contribution in [0.3, 0.4) is 0 Å². The predicted molar refractivity (Wildman–Crippen MR) is 70.9 cm³/mol. The third kappa shape index (κ3) is 3.79. The predicted octanol–water partition coefficient (Wildman–Crippen LogP) is 1.82. The summed E-state index contributed by atoms with van der Waals surface area (Å²) in [6.45, 7) is 9.90. The Morgan fingerprint density at radius 3 is 3.12 bits per heavy atom. The van der Waals surface area contributed by atoms with E-state index in [9.17, 15) is 0 Å². The van der Waals surface area contributed by atoms with Gasteiger partial charge < -0.3 is 5.32 Å². The van der Waals surface area contributed by atoms with Crippen LogP contribution in [-0.4, -0.2) is 36.1 Å². The first-order chi connectivity index (χ1) is 8.28. The Morgan fingerprint density at radius 1 is 1.47 bits per heavy atom. The van der Waals surface area contributed by atoms with E-state index < -0.39 is 0 Å². The lowest BCUT2D eigenvalue weighted by Gasteiger charge is -2.15. The van der Waals surface area contributed by atoms with E-state index in [-0.39, 0.29) is 0 Å². The molecule has 1 aromatic rings. The van der Waals surface area contributed by atoms with Crippen molar-refractivity contribution < 1.29 is 0 Å². The second-order valence-electron chi connectivity index (χ2n) is 4.97. The summed E-state index contributed by atoms with van der Waals surface area (Å²) in [6.07, 6.45) is 1.32.